The van der Waals surface area contributed by atoms with Gasteiger partial charge in [-0.05, 0) is 18.2 Å². The minimum Gasteiger partial charge on any atom is -0.748 e. The number of esters is 1. The Morgan fingerprint density at radius 1 is 1.10 bits per heavy atom. The maximum absolute atomic E-state index is 12.7. The number of halogens is 3. The maximum atomic E-state index is 12.7. The Morgan fingerprint density at radius 2 is 1.77 bits per heavy atom. The van der Waals surface area contributed by atoms with Crippen LogP contribution in [0, 0.1) is 0 Å². The van der Waals surface area contributed by atoms with Crippen molar-refractivity contribution >= 4 is 16.1 Å². The van der Waals surface area contributed by atoms with Crippen LogP contribution in [0.4, 0.5) is 13.2 Å². The molecule has 2 rings (SSSR count). The second-order valence-electron chi connectivity index (χ2n) is 5.70. The third-order valence-corrected chi connectivity index (χ3v) is 4.16. The number of hydrogen-bond acceptors (Lipinski definition) is 8. The number of ether oxygens (including phenoxy) is 4. The molecule has 0 N–H and O–H groups in total. The quantitative estimate of drug-likeness (QED) is 0.326. The van der Waals surface area contributed by atoms with Gasteiger partial charge in [0.2, 0.25) is 6.29 Å². The molecule has 2 aromatic rings. The van der Waals surface area contributed by atoms with E-state index in [0.29, 0.717) is 5.56 Å². The van der Waals surface area contributed by atoms with E-state index in [9.17, 15) is 30.9 Å². The van der Waals surface area contributed by atoms with Gasteiger partial charge in [-0.25, -0.2) is 13.2 Å². The molecule has 2 aromatic carbocycles. The van der Waals surface area contributed by atoms with E-state index in [1.54, 1.807) is 30.3 Å². The summed E-state index contributed by atoms with van der Waals surface area (Å²) in [5.41, 5.74) is 0.220. The van der Waals surface area contributed by atoms with E-state index in [2.05, 4.69) is 9.47 Å². The first-order chi connectivity index (χ1) is 14.0. The number of methoxy groups -OCH3 is 1. The lowest BCUT2D eigenvalue weighted by Crippen LogP contribution is -2.19. The van der Waals surface area contributed by atoms with E-state index in [-0.39, 0.29) is 5.56 Å². The van der Waals surface area contributed by atoms with Gasteiger partial charge in [0, 0.05) is 12.7 Å². The van der Waals surface area contributed by atoms with Gasteiger partial charge in [-0.2, -0.15) is 0 Å². The Labute approximate surface area is 169 Å². The topological polar surface area (TPSA) is 111 Å². The summed E-state index contributed by atoms with van der Waals surface area (Å²) < 4.78 is 89.0. The second kappa shape index (κ2) is 9.78. The van der Waals surface area contributed by atoms with Crippen molar-refractivity contribution in [2.45, 2.75) is 12.7 Å². The van der Waals surface area contributed by atoms with Crippen LogP contribution in [0.2, 0.25) is 0 Å². The van der Waals surface area contributed by atoms with Gasteiger partial charge in [0.25, 0.3) is 0 Å². The molecule has 0 spiro atoms. The Balaban J connectivity index is 2.29. The van der Waals surface area contributed by atoms with Gasteiger partial charge in [0.15, 0.2) is 11.5 Å². The predicted octanol–water partition coefficient (Wildman–Crippen LogP) is 3.01. The minimum atomic E-state index is -5.03. The zero-order chi connectivity index (χ0) is 22.4. The largest absolute Gasteiger partial charge is 0.748 e. The maximum Gasteiger partial charge on any atom is 0.573 e. The van der Waals surface area contributed by atoms with Gasteiger partial charge in [0.1, 0.15) is 6.61 Å². The van der Waals surface area contributed by atoms with Gasteiger partial charge in [-0.3, -0.25) is 0 Å². The SMILES string of the molecule is COC(Oc1cc(C(=O)OCCS(=O)(=O)[O-])ccc1OC(F)(F)F)c1ccccc1. The third-order valence-electron chi connectivity index (χ3n) is 3.49. The summed E-state index contributed by atoms with van der Waals surface area (Å²) in [6, 6.07) is 11.0. The van der Waals surface area contributed by atoms with Crippen molar-refractivity contribution in [2.24, 2.45) is 0 Å². The molecule has 0 aliphatic carbocycles. The molecular weight excluding hydrogens is 433 g/mol. The monoisotopic (exact) mass is 449 g/mol. The molecule has 8 nitrogen and oxygen atoms in total. The molecule has 0 aliphatic rings. The van der Waals surface area contributed by atoms with Crippen LogP contribution in [-0.4, -0.2) is 44.8 Å². The fraction of sp³-hybridized carbons (Fsp3) is 0.278. The molecule has 1 unspecified atom stereocenters. The van der Waals surface area contributed by atoms with Gasteiger partial charge in [0.05, 0.1) is 21.4 Å². The van der Waals surface area contributed by atoms with Crippen molar-refractivity contribution in [1.82, 2.24) is 0 Å². The van der Waals surface area contributed by atoms with Gasteiger partial charge in [-0.15, -0.1) is 13.2 Å². The van der Waals surface area contributed by atoms with E-state index in [1.165, 1.54) is 7.11 Å². The van der Waals surface area contributed by atoms with Crippen molar-refractivity contribution in [3.8, 4) is 11.5 Å². The molecule has 0 aliphatic heterocycles. The van der Waals surface area contributed by atoms with Crippen LogP contribution in [-0.2, 0) is 19.6 Å². The zero-order valence-electron chi connectivity index (χ0n) is 15.4. The fourth-order valence-electron chi connectivity index (χ4n) is 2.23. The molecule has 0 saturated heterocycles. The fourth-order valence-corrected chi connectivity index (χ4v) is 2.52. The molecule has 1 atom stereocenters. The molecule has 0 saturated carbocycles. The zero-order valence-corrected chi connectivity index (χ0v) is 16.2. The van der Waals surface area contributed by atoms with Gasteiger partial charge in [-0.1, -0.05) is 30.3 Å². The van der Waals surface area contributed by atoms with Crippen molar-refractivity contribution in [2.75, 3.05) is 19.5 Å². The molecule has 0 bridgehead atoms. The molecule has 12 heteroatoms. The van der Waals surface area contributed by atoms with Crippen molar-refractivity contribution in [1.29, 1.82) is 0 Å². The standard InChI is InChI=1S/C18H17F3O8S/c1-26-17(12-5-3-2-4-6-12)28-15-11-13(7-8-14(15)29-18(19,20)21)16(22)27-9-10-30(23,24)25/h2-8,11,17H,9-10H2,1H3,(H,23,24,25)/p-1. The molecule has 0 fully saturated rings. The second-order valence-corrected chi connectivity index (χ2v) is 7.23. The molecule has 0 radical (unpaired) electrons. The molecule has 0 heterocycles. The lowest BCUT2D eigenvalue weighted by molar-refractivity contribution is -0.275. The van der Waals surface area contributed by atoms with Crippen molar-refractivity contribution in [3.05, 3.63) is 59.7 Å². The first-order valence-electron chi connectivity index (χ1n) is 8.23. The minimum absolute atomic E-state index is 0.259. The lowest BCUT2D eigenvalue weighted by Gasteiger charge is -2.21. The summed E-state index contributed by atoms with van der Waals surface area (Å²) in [4.78, 5) is 12.0. The van der Waals surface area contributed by atoms with Crippen LogP contribution < -0.4 is 9.47 Å². The van der Waals surface area contributed by atoms with Crippen LogP contribution in [0.15, 0.2) is 48.5 Å². The molecule has 164 valence electrons. The summed E-state index contributed by atoms with van der Waals surface area (Å²) in [5, 5.41) is 0. The highest BCUT2D eigenvalue weighted by Gasteiger charge is 2.33. The van der Waals surface area contributed by atoms with Gasteiger partial charge < -0.3 is 23.5 Å². The Hall–Kier alpha value is -2.83. The van der Waals surface area contributed by atoms with Crippen LogP contribution in [0.5, 0.6) is 11.5 Å². The summed E-state index contributed by atoms with van der Waals surface area (Å²) in [5.74, 6) is -3.24. The highest BCUT2D eigenvalue weighted by Crippen LogP contribution is 2.36. The molecule has 0 amide bonds. The number of carbonyl (C=O) groups excluding carboxylic acids is 1. The van der Waals surface area contributed by atoms with E-state index < -0.39 is 52.6 Å². The van der Waals surface area contributed by atoms with Crippen molar-refractivity contribution in [3.63, 3.8) is 0 Å². The number of alkyl halides is 3. The number of hydrogen-bond donors (Lipinski definition) is 0. The summed E-state index contributed by atoms with van der Waals surface area (Å²) in [6.07, 6.45) is -6.16. The average molecular weight is 449 g/mol. The van der Waals surface area contributed by atoms with E-state index in [4.69, 9.17) is 9.47 Å². The van der Waals surface area contributed by atoms with Crippen LogP contribution >= 0.6 is 0 Å². The normalized spacial score (nSPS) is 12.8. The van der Waals surface area contributed by atoms with Crippen molar-refractivity contribution < 1.29 is 49.9 Å². The third kappa shape index (κ3) is 7.54. The van der Waals surface area contributed by atoms with E-state index in [1.807, 2.05) is 0 Å². The summed E-state index contributed by atoms with van der Waals surface area (Å²) in [6.45, 7) is -0.716. The molecule has 0 aromatic heterocycles. The van der Waals surface area contributed by atoms with Gasteiger partial charge >= 0.3 is 12.3 Å². The molecule has 30 heavy (non-hydrogen) atoms. The number of carbonyl (C=O) groups is 1. The van der Waals surface area contributed by atoms with Crippen LogP contribution in [0.25, 0.3) is 0 Å². The summed E-state index contributed by atoms with van der Waals surface area (Å²) in [7, 11) is -3.33. The highest BCUT2D eigenvalue weighted by molar-refractivity contribution is 7.85. The summed E-state index contributed by atoms with van der Waals surface area (Å²) >= 11 is 0. The van der Waals surface area contributed by atoms with Crippen LogP contribution in [0.1, 0.15) is 22.2 Å². The van der Waals surface area contributed by atoms with E-state index >= 15 is 0 Å². The average Bonchev–Trinajstić information content (AvgIpc) is 2.65. The number of rotatable bonds is 9. The first kappa shape index (κ1) is 23.4. The Morgan fingerprint density at radius 3 is 2.33 bits per heavy atom. The Kier molecular flexibility index (Phi) is 7.65. The first-order valence-corrected chi connectivity index (χ1v) is 9.81. The van der Waals surface area contributed by atoms with E-state index in [0.717, 1.165) is 18.2 Å². The predicted molar refractivity (Wildman–Crippen MR) is 94.8 cm³/mol. The Bertz CT molecular complexity index is 961. The highest BCUT2D eigenvalue weighted by atomic mass is 32.2. The lowest BCUT2D eigenvalue weighted by atomic mass is 10.2. The van der Waals surface area contributed by atoms with Crippen LogP contribution in [0.3, 0.4) is 0 Å². The molecular formula is C18H16F3O8S-. The number of benzene rings is 2. The smallest absolute Gasteiger partial charge is 0.573 e.